The van der Waals surface area contributed by atoms with Crippen molar-refractivity contribution >= 4 is 5.52 Å². The lowest BCUT2D eigenvalue weighted by molar-refractivity contribution is 0.799. The molecule has 2 aromatic heterocycles. The van der Waals surface area contributed by atoms with Crippen molar-refractivity contribution < 1.29 is 0 Å². The molecule has 43 valence electrons. The van der Waals surface area contributed by atoms with Crippen LogP contribution in [0.1, 0.15) is 0 Å². The van der Waals surface area contributed by atoms with Crippen molar-refractivity contribution in [2.24, 2.45) is 0 Å². The summed E-state index contributed by atoms with van der Waals surface area (Å²) in [4.78, 5) is 0. The lowest BCUT2D eigenvalue weighted by Crippen LogP contribution is -1.89. The molecule has 2 aromatic rings. The zero-order chi connectivity index (χ0) is 6.10. The van der Waals surface area contributed by atoms with Crippen molar-refractivity contribution in [2.75, 3.05) is 0 Å². The van der Waals surface area contributed by atoms with E-state index in [1.165, 1.54) is 4.63 Å². The SMILES string of the molecule is [c]1ccnn2nccc12. The van der Waals surface area contributed by atoms with Crippen LogP contribution in [0.25, 0.3) is 5.52 Å². The van der Waals surface area contributed by atoms with E-state index in [2.05, 4.69) is 16.3 Å². The van der Waals surface area contributed by atoms with Gasteiger partial charge in [0.25, 0.3) is 0 Å². The molecular formula is C6H4N3. The topological polar surface area (TPSA) is 30.2 Å². The van der Waals surface area contributed by atoms with E-state index in [1.54, 1.807) is 18.5 Å². The second kappa shape index (κ2) is 1.55. The summed E-state index contributed by atoms with van der Waals surface area (Å²) in [6.07, 6.45) is 3.35. The van der Waals surface area contributed by atoms with Crippen LogP contribution < -0.4 is 0 Å². The standard InChI is InChI=1S/C6H4N3/c1-2-6-3-5-8-9(6)7-4-1/h1,3-5H. The summed E-state index contributed by atoms with van der Waals surface area (Å²) in [6, 6.07) is 6.58. The molecule has 2 heterocycles. The molecule has 0 atom stereocenters. The molecular weight excluding hydrogens is 114 g/mol. The Morgan fingerprint density at radius 2 is 2.22 bits per heavy atom. The summed E-state index contributed by atoms with van der Waals surface area (Å²) in [5.41, 5.74) is 0.900. The fraction of sp³-hybridized carbons (Fsp3) is 0. The highest BCUT2D eigenvalue weighted by atomic mass is 15.4. The van der Waals surface area contributed by atoms with Gasteiger partial charge in [0, 0.05) is 6.07 Å². The second-order valence-corrected chi connectivity index (χ2v) is 1.68. The highest BCUT2D eigenvalue weighted by Crippen LogP contribution is 1.94. The summed E-state index contributed by atoms with van der Waals surface area (Å²) < 4.78 is 1.53. The maximum atomic E-state index is 3.92. The van der Waals surface area contributed by atoms with Gasteiger partial charge in [0.05, 0.1) is 17.9 Å². The second-order valence-electron chi connectivity index (χ2n) is 1.68. The van der Waals surface area contributed by atoms with E-state index in [-0.39, 0.29) is 0 Å². The first-order chi connectivity index (χ1) is 4.47. The Morgan fingerprint density at radius 1 is 1.33 bits per heavy atom. The summed E-state index contributed by atoms with van der Waals surface area (Å²) in [5, 5.41) is 7.81. The van der Waals surface area contributed by atoms with Crippen LogP contribution in [0.3, 0.4) is 0 Å². The summed E-state index contributed by atoms with van der Waals surface area (Å²) in [6.45, 7) is 0. The van der Waals surface area contributed by atoms with Gasteiger partial charge < -0.3 is 0 Å². The number of nitrogens with zero attached hydrogens (tertiary/aromatic N) is 3. The predicted molar refractivity (Wildman–Crippen MR) is 31.8 cm³/mol. The Labute approximate surface area is 51.9 Å². The Kier molecular flexibility index (Phi) is 0.773. The van der Waals surface area contributed by atoms with E-state index in [4.69, 9.17) is 0 Å². The lowest BCUT2D eigenvalue weighted by Gasteiger charge is -1.84. The van der Waals surface area contributed by atoms with Crippen LogP contribution in [0.5, 0.6) is 0 Å². The van der Waals surface area contributed by atoms with Gasteiger partial charge in [0.15, 0.2) is 0 Å². The number of rotatable bonds is 0. The van der Waals surface area contributed by atoms with Gasteiger partial charge in [-0.1, -0.05) is 0 Å². The molecule has 0 aliphatic heterocycles. The number of aromatic nitrogens is 3. The molecule has 3 heteroatoms. The van der Waals surface area contributed by atoms with Gasteiger partial charge in [-0.2, -0.15) is 14.8 Å². The first-order valence-corrected chi connectivity index (χ1v) is 2.63. The van der Waals surface area contributed by atoms with Crippen LogP contribution in [0.15, 0.2) is 24.5 Å². The van der Waals surface area contributed by atoms with E-state index in [0.717, 1.165) is 5.52 Å². The van der Waals surface area contributed by atoms with Crippen LogP contribution in [0, 0.1) is 6.07 Å². The summed E-state index contributed by atoms with van der Waals surface area (Å²) >= 11 is 0. The molecule has 0 N–H and O–H groups in total. The molecule has 0 bridgehead atoms. The maximum Gasteiger partial charge on any atom is 0.0952 e. The van der Waals surface area contributed by atoms with Crippen molar-refractivity contribution in [2.45, 2.75) is 0 Å². The average Bonchev–Trinajstić information content (AvgIpc) is 2.33. The van der Waals surface area contributed by atoms with Crippen molar-refractivity contribution in [3.05, 3.63) is 30.6 Å². The van der Waals surface area contributed by atoms with E-state index in [1.807, 2.05) is 6.07 Å². The number of fused-ring (bicyclic) bond motifs is 1. The molecule has 1 radical (unpaired) electrons. The average molecular weight is 118 g/mol. The van der Waals surface area contributed by atoms with Gasteiger partial charge >= 0.3 is 0 Å². The minimum Gasteiger partial charge on any atom is -0.159 e. The molecule has 9 heavy (non-hydrogen) atoms. The first-order valence-electron chi connectivity index (χ1n) is 2.63. The fourth-order valence-corrected chi connectivity index (χ4v) is 0.713. The van der Waals surface area contributed by atoms with Gasteiger partial charge in [-0.25, -0.2) is 0 Å². The third kappa shape index (κ3) is 0.579. The van der Waals surface area contributed by atoms with E-state index in [0.29, 0.717) is 0 Å². The molecule has 0 fully saturated rings. The zero-order valence-electron chi connectivity index (χ0n) is 4.65. The molecule has 0 saturated carbocycles. The third-order valence-corrected chi connectivity index (χ3v) is 1.11. The first kappa shape index (κ1) is 4.49. The van der Waals surface area contributed by atoms with Crippen LogP contribution in [-0.2, 0) is 0 Å². The monoisotopic (exact) mass is 118 g/mol. The summed E-state index contributed by atoms with van der Waals surface area (Å²) in [7, 11) is 0. The highest BCUT2D eigenvalue weighted by Gasteiger charge is 1.87. The maximum absolute atomic E-state index is 3.92. The van der Waals surface area contributed by atoms with Crippen LogP contribution in [-0.4, -0.2) is 14.8 Å². The van der Waals surface area contributed by atoms with Crippen LogP contribution >= 0.6 is 0 Å². The minimum absolute atomic E-state index is 0.900. The van der Waals surface area contributed by atoms with Crippen LogP contribution in [0.4, 0.5) is 0 Å². The predicted octanol–water partition coefficient (Wildman–Crippen LogP) is 0.529. The van der Waals surface area contributed by atoms with E-state index < -0.39 is 0 Å². The quantitative estimate of drug-likeness (QED) is 0.505. The van der Waals surface area contributed by atoms with E-state index in [9.17, 15) is 0 Å². The van der Waals surface area contributed by atoms with Crippen molar-refractivity contribution in [3.8, 4) is 0 Å². The Hall–Kier alpha value is -1.38. The van der Waals surface area contributed by atoms with Crippen molar-refractivity contribution in [3.63, 3.8) is 0 Å². The fourth-order valence-electron chi connectivity index (χ4n) is 0.713. The molecule has 2 rings (SSSR count). The van der Waals surface area contributed by atoms with Crippen LogP contribution in [0.2, 0.25) is 0 Å². The highest BCUT2D eigenvalue weighted by molar-refractivity contribution is 5.41. The largest absolute Gasteiger partial charge is 0.159 e. The Bertz CT molecular complexity index is 282. The molecule has 0 aliphatic carbocycles. The van der Waals surface area contributed by atoms with Gasteiger partial charge in [0.2, 0.25) is 0 Å². The lowest BCUT2D eigenvalue weighted by atomic mass is 10.5. The Morgan fingerprint density at radius 3 is 3.11 bits per heavy atom. The number of hydrogen-bond acceptors (Lipinski definition) is 2. The zero-order valence-corrected chi connectivity index (χ0v) is 4.65. The molecule has 0 unspecified atom stereocenters. The molecule has 0 aromatic carbocycles. The normalized spacial score (nSPS) is 10.2. The summed E-state index contributed by atoms with van der Waals surface area (Å²) in [5.74, 6) is 0. The molecule has 3 nitrogen and oxygen atoms in total. The van der Waals surface area contributed by atoms with Crippen molar-refractivity contribution in [1.29, 1.82) is 0 Å². The molecule has 0 spiro atoms. The molecule has 0 amide bonds. The van der Waals surface area contributed by atoms with E-state index >= 15 is 0 Å². The van der Waals surface area contributed by atoms with Gasteiger partial charge in [-0.3, -0.25) is 0 Å². The third-order valence-electron chi connectivity index (χ3n) is 1.11. The van der Waals surface area contributed by atoms with Gasteiger partial charge in [0.1, 0.15) is 0 Å². The smallest absolute Gasteiger partial charge is 0.0952 e. The van der Waals surface area contributed by atoms with Gasteiger partial charge in [-0.05, 0) is 12.1 Å². The van der Waals surface area contributed by atoms with Crippen molar-refractivity contribution in [1.82, 2.24) is 14.8 Å². The molecule has 0 aliphatic rings. The number of hydrogen-bond donors (Lipinski definition) is 0. The van der Waals surface area contributed by atoms with Gasteiger partial charge in [-0.15, -0.1) is 0 Å². The molecule has 0 saturated heterocycles. The minimum atomic E-state index is 0.900. The Balaban J connectivity index is 2.95.